The van der Waals surface area contributed by atoms with Crippen molar-refractivity contribution in [2.24, 2.45) is 4.99 Å². The molecule has 0 aliphatic carbocycles. The van der Waals surface area contributed by atoms with Gasteiger partial charge in [0, 0.05) is 26.4 Å². The number of hydrogen-bond acceptors (Lipinski definition) is 4. The maximum atomic E-state index is 11.0. The molecule has 0 fully saturated rings. The molecule has 19 heavy (non-hydrogen) atoms. The molecule has 96 valence electrons. The Kier molecular flexibility index (Phi) is 3.63. The first kappa shape index (κ1) is 14.0. The molecule has 8 heteroatoms. The lowest BCUT2D eigenvalue weighted by Crippen LogP contribution is -2.32. The van der Waals surface area contributed by atoms with Crippen molar-refractivity contribution in [3.63, 3.8) is 0 Å². The van der Waals surface area contributed by atoms with Crippen molar-refractivity contribution in [1.82, 2.24) is 0 Å². The molecule has 0 bridgehead atoms. The summed E-state index contributed by atoms with van der Waals surface area (Å²) >= 11 is 14.6. The molecule has 0 aromatic heterocycles. The predicted octanol–water partition coefficient (Wildman–Crippen LogP) is 3.68. The number of nitrogens with zero attached hydrogens (tertiary/aromatic N) is 3. The highest BCUT2D eigenvalue weighted by Crippen LogP contribution is 2.39. The van der Waals surface area contributed by atoms with E-state index < -0.39 is 9.37 Å². The molecule has 1 heterocycles. The number of halogens is 3. The Morgan fingerprint density at radius 3 is 2.63 bits per heavy atom. The Labute approximate surface area is 126 Å². The SMILES string of the molecule is N#CC1=C(c2ccc(Cl)c(Cl)c2)N=CC1(Br)[N+](=O)[O-]. The third-order valence-corrected chi connectivity index (χ3v) is 4.15. The average molecular weight is 361 g/mol. The number of hydrogen-bond donors (Lipinski definition) is 0. The van der Waals surface area contributed by atoms with E-state index in [1.807, 2.05) is 6.07 Å². The monoisotopic (exact) mass is 359 g/mol. The van der Waals surface area contributed by atoms with Gasteiger partial charge < -0.3 is 0 Å². The predicted molar refractivity (Wildman–Crippen MR) is 76.1 cm³/mol. The second-order valence-corrected chi connectivity index (χ2v) is 5.68. The third-order valence-electron chi connectivity index (χ3n) is 2.52. The molecule has 2 rings (SSSR count). The van der Waals surface area contributed by atoms with Crippen LogP contribution in [0.4, 0.5) is 0 Å². The van der Waals surface area contributed by atoms with Gasteiger partial charge in [0.2, 0.25) is 0 Å². The van der Waals surface area contributed by atoms with Gasteiger partial charge in [0.1, 0.15) is 11.6 Å². The summed E-state index contributed by atoms with van der Waals surface area (Å²) < 4.78 is -1.79. The van der Waals surface area contributed by atoms with Crippen LogP contribution in [-0.4, -0.2) is 15.6 Å². The van der Waals surface area contributed by atoms with E-state index in [1.54, 1.807) is 6.07 Å². The summed E-state index contributed by atoms with van der Waals surface area (Å²) in [5.41, 5.74) is 0.593. The van der Waals surface area contributed by atoms with Crippen LogP contribution < -0.4 is 0 Å². The maximum absolute atomic E-state index is 11.0. The molecule has 5 nitrogen and oxygen atoms in total. The largest absolute Gasteiger partial charge is 0.346 e. The van der Waals surface area contributed by atoms with Gasteiger partial charge >= 0.3 is 4.45 Å². The van der Waals surface area contributed by atoms with E-state index in [0.717, 1.165) is 6.21 Å². The molecule has 1 aromatic carbocycles. The summed E-state index contributed by atoms with van der Waals surface area (Å²) in [4.78, 5) is 14.3. The summed E-state index contributed by atoms with van der Waals surface area (Å²) in [5, 5.41) is 20.8. The van der Waals surface area contributed by atoms with Crippen LogP contribution in [0.25, 0.3) is 5.70 Å². The first-order valence-corrected chi connectivity index (χ1v) is 6.44. The van der Waals surface area contributed by atoms with Gasteiger partial charge in [-0.25, -0.2) is 0 Å². The first-order chi connectivity index (χ1) is 8.90. The van der Waals surface area contributed by atoms with Crippen molar-refractivity contribution in [2.75, 3.05) is 0 Å². The van der Waals surface area contributed by atoms with Crippen LogP contribution in [0.1, 0.15) is 5.56 Å². The minimum atomic E-state index is -1.79. The van der Waals surface area contributed by atoms with Crippen molar-refractivity contribution in [2.45, 2.75) is 4.45 Å². The normalized spacial score (nSPS) is 21.6. The van der Waals surface area contributed by atoms with Gasteiger partial charge in [-0.05, 0) is 12.1 Å². The van der Waals surface area contributed by atoms with Crippen LogP contribution in [-0.2, 0) is 0 Å². The molecule has 1 unspecified atom stereocenters. The Morgan fingerprint density at radius 1 is 1.42 bits per heavy atom. The highest BCUT2D eigenvalue weighted by atomic mass is 79.9. The van der Waals surface area contributed by atoms with E-state index in [9.17, 15) is 10.1 Å². The lowest BCUT2D eigenvalue weighted by Gasteiger charge is -2.09. The molecule has 0 saturated heterocycles. The van der Waals surface area contributed by atoms with Crippen molar-refractivity contribution in [3.05, 3.63) is 49.5 Å². The van der Waals surface area contributed by atoms with Gasteiger partial charge in [0.05, 0.1) is 22.0 Å². The van der Waals surface area contributed by atoms with Crippen LogP contribution >= 0.6 is 39.1 Å². The fourth-order valence-corrected chi connectivity index (χ4v) is 2.25. The molecule has 0 radical (unpaired) electrons. The molecular formula is C11H4BrCl2N3O2. The van der Waals surface area contributed by atoms with Crippen LogP contribution in [0, 0.1) is 21.4 Å². The van der Waals surface area contributed by atoms with Gasteiger partial charge in [-0.3, -0.25) is 15.1 Å². The topological polar surface area (TPSA) is 79.3 Å². The van der Waals surface area contributed by atoms with Crippen molar-refractivity contribution in [3.8, 4) is 6.07 Å². The van der Waals surface area contributed by atoms with Gasteiger partial charge in [-0.1, -0.05) is 29.3 Å². The molecule has 1 aliphatic rings. The number of benzene rings is 1. The molecular weight excluding hydrogens is 357 g/mol. The summed E-state index contributed by atoms with van der Waals surface area (Å²) in [6.07, 6.45) is 1.07. The van der Waals surface area contributed by atoms with E-state index in [4.69, 9.17) is 28.5 Å². The van der Waals surface area contributed by atoms with E-state index in [0.29, 0.717) is 10.6 Å². The molecule has 1 atom stereocenters. The summed E-state index contributed by atoms with van der Waals surface area (Å²) in [6, 6.07) is 6.45. The zero-order chi connectivity index (χ0) is 14.2. The van der Waals surface area contributed by atoms with E-state index >= 15 is 0 Å². The average Bonchev–Trinajstić information content (AvgIpc) is 2.71. The summed E-state index contributed by atoms with van der Waals surface area (Å²) in [5.74, 6) is 0. The van der Waals surface area contributed by atoms with Gasteiger partial charge in [-0.15, -0.1) is 0 Å². The fraction of sp³-hybridized carbons (Fsp3) is 0.0909. The number of nitriles is 1. The van der Waals surface area contributed by atoms with Gasteiger partial charge in [-0.2, -0.15) is 5.26 Å². The van der Waals surface area contributed by atoms with Crippen molar-refractivity contribution in [1.29, 1.82) is 5.26 Å². The first-order valence-electron chi connectivity index (χ1n) is 4.89. The maximum Gasteiger partial charge on any atom is 0.346 e. The van der Waals surface area contributed by atoms with E-state index in [1.165, 1.54) is 12.1 Å². The lowest BCUT2D eigenvalue weighted by atomic mass is 10.1. The number of nitro groups is 1. The van der Waals surface area contributed by atoms with Crippen LogP contribution in [0.2, 0.25) is 10.0 Å². The van der Waals surface area contributed by atoms with Crippen LogP contribution in [0.3, 0.4) is 0 Å². The van der Waals surface area contributed by atoms with E-state index in [2.05, 4.69) is 20.9 Å². The molecule has 0 N–H and O–H groups in total. The zero-order valence-corrected chi connectivity index (χ0v) is 12.2. The second kappa shape index (κ2) is 4.93. The van der Waals surface area contributed by atoms with Gasteiger partial charge in [0.15, 0.2) is 0 Å². The lowest BCUT2D eigenvalue weighted by molar-refractivity contribution is -0.501. The van der Waals surface area contributed by atoms with Crippen molar-refractivity contribution >= 4 is 51.0 Å². The summed E-state index contributed by atoms with van der Waals surface area (Å²) in [6.45, 7) is 0. The minimum Gasteiger partial charge on any atom is -0.262 e. The molecule has 0 spiro atoms. The summed E-state index contributed by atoms with van der Waals surface area (Å²) in [7, 11) is 0. The van der Waals surface area contributed by atoms with Crippen LogP contribution in [0.15, 0.2) is 28.8 Å². The number of rotatable bonds is 2. The Morgan fingerprint density at radius 2 is 2.11 bits per heavy atom. The highest BCUT2D eigenvalue weighted by Gasteiger charge is 2.48. The smallest absolute Gasteiger partial charge is 0.262 e. The zero-order valence-electron chi connectivity index (χ0n) is 9.10. The third kappa shape index (κ3) is 2.25. The molecule has 0 amide bonds. The number of alkyl halides is 1. The molecule has 0 saturated carbocycles. The highest BCUT2D eigenvalue weighted by molar-refractivity contribution is 9.10. The quantitative estimate of drug-likeness (QED) is 0.349. The Bertz CT molecular complexity index is 681. The van der Waals surface area contributed by atoms with Crippen molar-refractivity contribution < 1.29 is 4.92 Å². The number of aliphatic imine (C=N–C) groups is 1. The molecule has 1 aromatic rings. The van der Waals surface area contributed by atoms with Crippen LogP contribution in [0.5, 0.6) is 0 Å². The van der Waals surface area contributed by atoms with Gasteiger partial charge in [0.25, 0.3) is 0 Å². The fourth-order valence-electron chi connectivity index (χ4n) is 1.58. The minimum absolute atomic E-state index is 0.101. The second-order valence-electron chi connectivity index (χ2n) is 3.65. The Hall–Kier alpha value is -1.42. The standard InChI is InChI=1S/C11H4BrCl2N3O2/c12-11(17(18)19)5-16-10(7(11)4-15)6-1-2-8(13)9(14)3-6/h1-3,5H. The molecule has 1 aliphatic heterocycles. The Balaban J connectivity index is 2.62. The van der Waals surface area contributed by atoms with E-state index in [-0.39, 0.29) is 16.3 Å².